The average Bonchev–Trinajstić information content (AvgIpc) is 1.88. The Morgan fingerprint density at radius 1 is 1.70 bits per heavy atom. The predicted octanol–water partition coefficient (Wildman–Crippen LogP) is 0.886. The van der Waals surface area contributed by atoms with Crippen molar-refractivity contribution < 1.29 is 5.11 Å². The predicted molar refractivity (Wildman–Crippen MR) is 41.6 cm³/mol. The Labute approximate surface area is 62.4 Å². The van der Waals surface area contributed by atoms with Crippen molar-refractivity contribution >= 4 is 0 Å². The lowest BCUT2D eigenvalue weighted by Crippen LogP contribution is -2.47. The van der Waals surface area contributed by atoms with Crippen LogP contribution in [0.5, 0.6) is 0 Å². The van der Waals surface area contributed by atoms with Gasteiger partial charge in [-0.2, -0.15) is 0 Å². The smallest absolute Gasteiger partial charge is 0.0611 e. The lowest BCUT2D eigenvalue weighted by molar-refractivity contribution is 0.134. The molecule has 2 heteroatoms. The molecule has 10 heavy (non-hydrogen) atoms. The summed E-state index contributed by atoms with van der Waals surface area (Å²) < 4.78 is 0. The van der Waals surface area contributed by atoms with Gasteiger partial charge in [0.05, 0.1) is 6.61 Å². The van der Waals surface area contributed by atoms with Crippen LogP contribution in [-0.4, -0.2) is 17.3 Å². The van der Waals surface area contributed by atoms with Gasteiger partial charge in [0.25, 0.3) is 0 Å². The topological polar surface area (TPSA) is 46.2 Å². The minimum absolute atomic E-state index is 0.150. The van der Waals surface area contributed by atoms with Crippen LogP contribution in [0.15, 0.2) is 0 Å². The van der Waals surface area contributed by atoms with Crippen molar-refractivity contribution in [1.82, 2.24) is 0 Å². The minimum atomic E-state index is -0.252. The van der Waals surface area contributed by atoms with Crippen molar-refractivity contribution in [2.75, 3.05) is 6.61 Å². The molecule has 1 rings (SSSR count). The van der Waals surface area contributed by atoms with E-state index >= 15 is 0 Å². The van der Waals surface area contributed by atoms with Gasteiger partial charge in [-0.25, -0.2) is 0 Å². The fraction of sp³-hybridized carbons (Fsp3) is 1.00. The second-order valence-electron chi connectivity index (χ2n) is 3.72. The Balaban J connectivity index is 2.45. The molecule has 2 nitrogen and oxygen atoms in total. The second-order valence-corrected chi connectivity index (χ2v) is 3.72. The van der Waals surface area contributed by atoms with Gasteiger partial charge in [-0.3, -0.25) is 0 Å². The number of rotatable bonds is 1. The summed E-state index contributed by atoms with van der Waals surface area (Å²) >= 11 is 0. The Morgan fingerprint density at radius 3 is 2.80 bits per heavy atom. The highest BCUT2D eigenvalue weighted by Gasteiger charge is 2.29. The summed E-state index contributed by atoms with van der Waals surface area (Å²) in [5.41, 5.74) is 5.65. The van der Waals surface area contributed by atoms with Gasteiger partial charge in [0, 0.05) is 5.54 Å². The van der Waals surface area contributed by atoms with Crippen molar-refractivity contribution in [3.05, 3.63) is 0 Å². The summed E-state index contributed by atoms with van der Waals surface area (Å²) in [7, 11) is 0. The van der Waals surface area contributed by atoms with E-state index in [0.29, 0.717) is 5.92 Å². The first-order chi connectivity index (χ1) is 4.66. The number of aliphatic hydroxyl groups excluding tert-OH is 1. The number of nitrogens with two attached hydrogens (primary N) is 1. The maximum atomic E-state index is 8.94. The lowest BCUT2D eigenvalue weighted by atomic mass is 9.78. The van der Waals surface area contributed by atoms with Crippen LogP contribution in [-0.2, 0) is 0 Å². The molecule has 2 atom stereocenters. The molecule has 1 fully saturated rings. The van der Waals surface area contributed by atoms with E-state index < -0.39 is 0 Å². The van der Waals surface area contributed by atoms with Crippen molar-refractivity contribution in [2.24, 2.45) is 11.7 Å². The highest BCUT2D eigenvalue weighted by atomic mass is 16.3. The van der Waals surface area contributed by atoms with Crippen LogP contribution in [0.3, 0.4) is 0 Å². The first-order valence-electron chi connectivity index (χ1n) is 4.06. The largest absolute Gasteiger partial charge is 0.394 e. The molecular formula is C8H17NO. The Morgan fingerprint density at radius 2 is 2.40 bits per heavy atom. The molecule has 0 amide bonds. The van der Waals surface area contributed by atoms with Gasteiger partial charge < -0.3 is 10.8 Å². The first kappa shape index (κ1) is 8.02. The molecule has 0 unspecified atom stereocenters. The van der Waals surface area contributed by atoms with Crippen LogP contribution in [0.1, 0.15) is 32.6 Å². The molecule has 3 N–H and O–H groups in total. The van der Waals surface area contributed by atoms with E-state index in [1.165, 1.54) is 12.8 Å². The molecule has 0 saturated heterocycles. The molecule has 0 aromatic rings. The Hall–Kier alpha value is -0.0800. The van der Waals surface area contributed by atoms with Crippen LogP contribution < -0.4 is 5.73 Å². The summed E-state index contributed by atoms with van der Waals surface area (Å²) in [6.45, 7) is 2.35. The highest BCUT2D eigenvalue weighted by Crippen LogP contribution is 2.29. The fourth-order valence-corrected chi connectivity index (χ4v) is 1.84. The zero-order valence-electron chi connectivity index (χ0n) is 6.64. The maximum Gasteiger partial charge on any atom is 0.0611 e. The summed E-state index contributed by atoms with van der Waals surface area (Å²) in [6.07, 6.45) is 4.44. The van der Waals surface area contributed by atoms with Crippen molar-refractivity contribution in [3.8, 4) is 0 Å². The third kappa shape index (κ3) is 1.70. The van der Waals surface area contributed by atoms with Gasteiger partial charge in [-0.15, -0.1) is 0 Å². The summed E-state index contributed by atoms with van der Waals surface area (Å²) in [4.78, 5) is 0. The zero-order valence-corrected chi connectivity index (χ0v) is 6.64. The van der Waals surface area contributed by atoms with Crippen molar-refractivity contribution in [3.63, 3.8) is 0 Å². The first-order valence-corrected chi connectivity index (χ1v) is 4.06. The van der Waals surface area contributed by atoms with Crippen LogP contribution in [0.2, 0.25) is 0 Å². The van der Waals surface area contributed by atoms with E-state index in [4.69, 9.17) is 10.8 Å². The fourth-order valence-electron chi connectivity index (χ4n) is 1.84. The zero-order chi connectivity index (χ0) is 7.61. The highest BCUT2D eigenvalue weighted by molar-refractivity contribution is 4.88. The van der Waals surface area contributed by atoms with Crippen LogP contribution in [0.4, 0.5) is 0 Å². The molecule has 0 aliphatic heterocycles. The molecule has 0 aromatic carbocycles. The standard InChI is InChI=1S/C8H17NO/c1-7-3-2-4-8(9,5-7)6-10/h7,10H,2-6,9H2,1H3/t7-,8-/m1/s1. The summed E-state index contributed by atoms with van der Waals surface area (Å²) in [6, 6.07) is 0. The summed E-state index contributed by atoms with van der Waals surface area (Å²) in [5, 5.41) is 8.94. The SMILES string of the molecule is C[C@@H]1CCC[C@](N)(CO)C1. The molecule has 0 heterocycles. The molecule has 0 bridgehead atoms. The van der Waals surface area contributed by atoms with Gasteiger partial charge in [-0.1, -0.05) is 19.8 Å². The van der Waals surface area contributed by atoms with E-state index in [2.05, 4.69) is 6.92 Å². The van der Waals surface area contributed by atoms with Gasteiger partial charge in [0.15, 0.2) is 0 Å². The molecular weight excluding hydrogens is 126 g/mol. The average molecular weight is 143 g/mol. The molecule has 1 aliphatic rings. The van der Waals surface area contributed by atoms with Gasteiger partial charge in [0.2, 0.25) is 0 Å². The normalized spacial score (nSPS) is 41.7. The third-order valence-electron chi connectivity index (χ3n) is 2.44. The Bertz CT molecular complexity index is 116. The molecule has 0 aromatic heterocycles. The van der Waals surface area contributed by atoms with Gasteiger partial charge >= 0.3 is 0 Å². The van der Waals surface area contributed by atoms with E-state index in [-0.39, 0.29) is 12.1 Å². The number of aliphatic hydroxyl groups is 1. The number of hydrogen-bond donors (Lipinski definition) is 2. The maximum absolute atomic E-state index is 8.94. The van der Waals surface area contributed by atoms with E-state index in [0.717, 1.165) is 12.8 Å². The minimum Gasteiger partial charge on any atom is -0.394 e. The number of hydrogen-bond acceptors (Lipinski definition) is 2. The quantitative estimate of drug-likeness (QED) is 0.572. The molecule has 60 valence electrons. The molecule has 1 saturated carbocycles. The second kappa shape index (κ2) is 2.89. The van der Waals surface area contributed by atoms with E-state index in [9.17, 15) is 0 Å². The molecule has 0 radical (unpaired) electrons. The van der Waals surface area contributed by atoms with E-state index in [1.54, 1.807) is 0 Å². The van der Waals surface area contributed by atoms with E-state index in [1.807, 2.05) is 0 Å². The van der Waals surface area contributed by atoms with Gasteiger partial charge in [0.1, 0.15) is 0 Å². The van der Waals surface area contributed by atoms with Crippen LogP contribution in [0, 0.1) is 5.92 Å². The third-order valence-corrected chi connectivity index (χ3v) is 2.44. The Kier molecular flexibility index (Phi) is 2.32. The lowest BCUT2D eigenvalue weighted by Gasteiger charge is -2.34. The van der Waals surface area contributed by atoms with Crippen LogP contribution in [0.25, 0.3) is 0 Å². The summed E-state index contributed by atoms with van der Waals surface area (Å²) in [5.74, 6) is 0.700. The molecule has 1 aliphatic carbocycles. The van der Waals surface area contributed by atoms with Crippen LogP contribution >= 0.6 is 0 Å². The van der Waals surface area contributed by atoms with Crippen molar-refractivity contribution in [2.45, 2.75) is 38.1 Å². The monoisotopic (exact) mass is 143 g/mol. The van der Waals surface area contributed by atoms with Gasteiger partial charge in [-0.05, 0) is 18.8 Å². The van der Waals surface area contributed by atoms with Crippen molar-refractivity contribution in [1.29, 1.82) is 0 Å². The molecule has 0 spiro atoms.